The first kappa shape index (κ1) is 13.2. The second-order valence-electron chi connectivity index (χ2n) is 3.78. The Balaban J connectivity index is 2.04. The third-order valence-corrected chi connectivity index (χ3v) is 3.37. The quantitative estimate of drug-likeness (QED) is 0.904. The smallest absolute Gasteiger partial charge is 0.152 e. The molecule has 1 aromatic heterocycles. The van der Waals surface area contributed by atoms with Crippen LogP contribution in [0.2, 0.25) is 5.02 Å². The summed E-state index contributed by atoms with van der Waals surface area (Å²) in [6.45, 7) is 0. The molecule has 0 aliphatic carbocycles. The summed E-state index contributed by atoms with van der Waals surface area (Å²) in [5.41, 5.74) is 2.31. The molecule has 3 nitrogen and oxygen atoms in total. The van der Waals surface area contributed by atoms with Crippen molar-refractivity contribution < 1.29 is 0 Å². The first-order chi connectivity index (χ1) is 8.79. The monoisotopic (exact) mass is 279 g/mol. The molecule has 0 spiro atoms. The summed E-state index contributed by atoms with van der Waals surface area (Å²) < 4.78 is 0. The predicted molar refractivity (Wildman–Crippen MR) is 78.9 cm³/mol. The Morgan fingerprint density at radius 1 is 1.28 bits per heavy atom. The second-order valence-corrected chi connectivity index (χ2v) is 5.18. The highest BCUT2D eigenvalue weighted by Gasteiger charge is 2.01. The van der Waals surface area contributed by atoms with Gasteiger partial charge in [-0.1, -0.05) is 23.7 Å². The van der Waals surface area contributed by atoms with Gasteiger partial charge in [0.15, 0.2) is 5.82 Å². The molecule has 0 fully saturated rings. The lowest BCUT2D eigenvalue weighted by Crippen LogP contribution is -1.95. The van der Waals surface area contributed by atoms with E-state index in [9.17, 15) is 0 Å². The largest absolute Gasteiger partial charge is 0.339 e. The fourth-order valence-electron chi connectivity index (χ4n) is 1.52. The summed E-state index contributed by atoms with van der Waals surface area (Å²) in [6.07, 6.45) is 6.26. The number of hydrogen-bond donors (Lipinski definition) is 1. The van der Waals surface area contributed by atoms with Gasteiger partial charge in [-0.3, -0.25) is 0 Å². The van der Waals surface area contributed by atoms with Gasteiger partial charge in [-0.15, -0.1) is 0 Å². The molecule has 94 valence electrons. The third-order valence-electron chi connectivity index (χ3n) is 2.48. The predicted octanol–water partition coefficient (Wildman–Crippen LogP) is 3.78. The first-order valence-electron chi connectivity index (χ1n) is 5.60. The zero-order valence-electron chi connectivity index (χ0n) is 10.1. The Labute approximate surface area is 116 Å². The number of nitrogens with one attached hydrogen (secondary N) is 1. The van der Waals surface area contributed by atoms with Gasteiger partial charge in [0, 0.05) is 5.69 Å². The van der Waals surface area contributed by atoms with Gasteiger partial charge in [0.25, 0.3) is 0 Å². The molecule has 0 aliphatic heterocycles. The normalized spacial score (nSPS) is 10.3. The van der Waals surface area contributed by atoms with E-state index < -0.39 is 0 Å². The molecule has 0 bridgehead atoms. The molecule has 1 heterocycles. The van der Waals surface area contributed by atoms with Crippen LogP contribution >= 0.6 is 23.4 Å². The van der Waals surface area contributed by atoms with E-state index >= 15 is 0 Å². The molecular formula is C13H14ClN3S. The highest BCUT2D eigenvalue weighted by molar-refractivity contribution is 7.98. The molecule has 0 amide bonds. The van der Waals surface area contributed by atoms with Crippen LogP contribution in [0.15, 0.2) is 36.8 Å². The van der Waals surface area contributed by atoms with Gasteiger partial charge >= 0.3 is 0 Å². The SMILES string of the molecule is CSCCc1ccc(Nc2ncncc2Cl)cc1. The van der Waals surface area contributed by atoms with Crippen LogP contribution in [-0.2, 0) is 6.42 Å². The molecule has 0 unspecified atom stereocenters. The number of nitrogens with zero attached hydrogens (tertiary/aromatic N) is 2. The number of halogens is 1. The van der Waals surface area contributed by atoms with Crippen LogP contribution in [0.25, 0.3) is 0 Å². The van der Waals surface area contributed by atoms with Crippen molar-refractivity contribution in [1.82, 2.24) is 9.97 Å². The van der Waals surface area contributed by atoms with Crippen LogP contribution in [0, 0.1) is 0 Å². The highest BCUT2D eigenvalue weighted by Crippen LogP contribution is 2.21. The highest BCUT2D eigenvalue weighted by atomic mass is 35.5. The Kier molecular flexibility index (Phi) is 4.84. The van der Waals surface area contributed by atoms with E-state index in [0.29, 0.717) is 10.8 Å². The molecule has 1 aromatic carbocycles. The lowest BCUT2D eigenvalue weighted by atomic mass is 10.1. The number of aromatic nitrogens is 2. The Hall–Kier alpha value is -1.26. The van der Waals surface area contributed by atoms with Crippen molar-refractivity contribution in [3.8, 4) is 0 Å². The van der Waals surface area contributed by atoms with Gasteiger partial charge in [0.1, 0.15) is 11.3 Å². The summed E-state index contributed by atoms with van der Waals surface area (Å²) in [5, 5.41) is 3.68. The minimum atomic E-state index is 0.518. The minimum Gasteiger partial charge on any atom is -0.339 e. The maximum absolute atomic E-state index is 5.98. The van der Waals surface area contributed by atoms with Gasteiger partial charge in [0.2, 0.25) is 0 Å². The van der Waals surface area contributed by atoms with Crippen molar-refractivity contribution in [2.75, 3.05) is 17.3 Å². The number of benzene rings is 1. The minimum absolute atomic E-state index is 0.518. The van der Waals surface area contributed by atoms with Crippen LogP contribution in [0.4, 0.5) is 11.5 Å². The topological polar surface area (TPSA) is 37.8 Å². The number of rotatable bonds is 5. The fraction of sp³-hybridized carbons (Fsp3) is 0.231. The van der Waals surface area contributed by atoms with E-state index in [2.05, 4.69) is 33.7 Å². The van der Waals surface area contributed by atoms with Crippen LogP contribution in [0.5, 0.6) is 0 Å². The van der Waals surface area contributed by atoms with Crippen molar-refractivity contribution in [3.05, 3.63) is 47.4 Å². The molecule has 0 saturated heterocycles. The molecule has 1 N–H and O–H groups in total. The van der Waals surface area contributed by atoms with Gasteiger partial charge in [-0.2, -0.15) is 11.8 Å². The van der Waals surface area contributed by atoms with Crippen LogP contribution in [0.1, 0.15) is 5.56 Å². The Bertz CT molecular complexity index is 502. The maximum atomic E-state index is 5.98. The van der Waals surface area contributed by atoms with E-state index in [4.69, 9.17) is 11.6 Å². The summed E-state index contributed by atoms with van der Waals surface area (Å²) in [6, 6.07) is 8.31. The van der Waals surface area contributed by atoms with Crippen molar-refractivity contribution in [1.29, 1.82) is 0 Å². The zero-order chi connectivity index (χ0) is 12.8. The Morgan fingerprint density at radius 3 is 2.72 bits per heavy atom. The molecule has 0 aliphatic rings. The summed E-state index contributed by atoms with van der Waals surface area (Å²) in [4.78, 5) is 7.94. The van der Waals surface area contributed by atoms with Crippen LogP contribution in [0.3, 0.4) is 0 Å². The van der Waals surface area contributed by atoms with Gasteiger partial charge in [-0.05, 0) is 36.1 Å². The molecule has 0 saturated carbocycles. The van der Waals surface area contributed by atoms with E-state index in [1.807, 2.05) is 23.9 Å². The van der Waals surface area contributed by atoms with Crippen LogP contribution in [-0.4, -0.2) is 22.0 Å². The lowest BCUT2D eigenvalue weighted by molar-refractivity contribution is 1.15. The molecule has 0 radical (unpaired) electrons. The molecule has 5 heteroatoms. The van der Waals surface area contributed by atoms with E-state index in [1.54, 1.807) is 6.20 Å². The standard InChI is InChI=1S/C13H14ClN3S/c1-18-7-6-10-2-4-11(5-3-10)17-13-12(14)8-15-9-16-13/h2-5,8-9H,6-7H2,1H3,(H,15,16,17). The van der Waals surface area contributed by atoms with E-state index in [-0.39, 0.29) is 0 Å². The van der Waals surface area contributed by atoms with Gasteiger partial charge < -0.3 is 5.32 Å². The van der Waals surface area contributed by atoms with Gasteiger partial charge in [-0.25, -0.2) is 9.97 Å². The van der Waals surface area contributed by atoms with Crippen LogP contribution < -0.4 is 5.32 Å². The average molecular weight is 280 g/mol. The zero-order valence-corrected chi connectivity index (χ0v) is 11.6. The number of aryl methyl sites for hydroxylation is 1. The molecule has 18 heavy (non-hydrogen) atoms. The summed E-state index contributed by atoms with van der Waals surface area (Å²) in [5.74, 6) is 1.77. The molecule has 2 rings (SSSR count). The summed E-state index contributed by atoms with van der Waals surface area (Å²) >= 11 is 7.84. The third kappa shape index (κ3) is 3.62. The lowest BCUT2D eigenvalue weighted by Gasteiger charge is -2.07. The number of hydrogen-bond acceptors (Lipinski definition) is 4. The molecule has 2 aromatic rings. The first-order valence-corrected chi connectivity index (χ1v) is 7.37. The van der Waals surface area contributed by atoms with E-state index in [1.165, 1.54) is 11.9 Å². The average Bonchev–Trinajstić information content (AvgIpc) is 2.41. The molecule has 0 atom stereocenters. The Morgan fingerprint density at radius 2 is 2.06 bits per heavy atom. The second kappa shape index (κ2) is 6.61. The van der Waals surface area contributed by atoms with Crippen molar-refractivity contribution >= 4 is 34.9 Å². The van der Waals surface area contributed by atoms with Crippen molar-refractivity contribution in [3.63, 3.8) is 0 Å². The van der Waals surface area contributed by atoms with E-state index in [0.717, 1.165) is 17.9 Å². The maximum Gasteiger partial charge on any atom is 0.152 e. The van der Waals surface area contributed by atoms with Gasteiger partial charge in [0.05, 0.1) is 6.20 Å². The fourth-order valence-corrected chi connectivity index (χ4v) is 2.11. The van der Waals surface area contributed by atoms with Crippen molar-refractivity contribution in [2.45, 2.75) is 6.42 Å². The summed E-state index contributed by atoms with van der Waals surface area (Å²) in [7, 11) is 0. The molecular weight excluding hydrogens is 266 g/mol. The number of anilines is 2. The van der Waals surface area contributed by atoms with Crippen molar-refractivity contribution in [2.24, 2.45) is 0 Å². The number of thioether (sulfide) groups is 1.